The number of hydrogen-bond donors (Lipinski definition) is 2. The number of halogens is 2. The van der Waals surface area contributed by atoms with Crippen LogP contribution in [0.4, 0.5) is 14.5 Å². The molecule has 0 heterocycles. The maximum atomic E-state index is 13.7. The average molecular weight is 313 g/mol. The van der Waals surface area contributed by atoms with Crippen molar-refractivity contribution in [3.8, 4) is 0 Å². The molecule has 0 unspecified atom stereocenters. The summed E-state index contributed by atoms with van der Waals surface area (Å²) in [6.07, 6.45) is 0. The molecule has 21 heavy (non-hydrogen) atoms. The fraction of sp³-hybridized carbons (Fsp3) is 0.143. The van der Waals surface area contributed by atoms with E-state index in [1.165, 1.54) is 25.1 Å². The molecule has 0 atom stereocenters. The van der Waals surface area contributed by atoms with Crippen LogP contribution < -0.4 is 4.72 Å². The molecule has 0 amide bonds. The number of sulfonamides is 1. The average Bonchev–Trinajstić information content (AvgIpc) is 2.43. The summed E-state index contributed by atoms with van der Waals surface area (Å²) < 4.78 is 53.8. The van der Waals surface area contributed by atoms with Crippen molar-refractivity contribution in [3.05, 3.63) is 59.2 Å². The molecule has 0 aliphatic carbocycles. The molecule has 7 heteroatoms. The number of hydrogen-bond acceptors (Lipinski definition) is 3. The molecule has 0 aromatic heterocycles. The Morgan fingerprint density at radius 3 is 2.43 bits per heavy atom. The maximum absolute atomic E-state index is 13.7. The lowest BCUT2D eigenvalue weighted by molar-refractivity contribution is 0.281. The molecule has 112 valence electrons. The van der Waals surface area contributed by atoms with Gasteiger partial charge in [0.05, 0.1) is 17.2 Å². The van der Waals surface area contributed by atoms with Gasteiger partial charge >= 0.3 is 0 Å². The fourth-order valence-electron chi connectivity index (χ4n) is 1.82. The highest BCUT2D eigenvalue weighted by atomic mass is 32.2. The van der Waals surface area contributed by atoms with Crippen LogP contribution in [0.15, 0.2) is 41.3 Å². The van der Waals surface area contributed by atoms with Crippen molar-refractivity contribution in [1.82, 2.24) is 0 Å². The third-order valence-electron chi connectivity index (χ3n) is 2.95. The highest BCUT2D eigenvalue weighted by Gasteiger charge is 2.21. The predicted octanol–water partition coefficient (Wildman–Crippen LogP) is 2.57. The normalized spacial score (nSPS) is 11.4. The summed E-state index contributed by atoms with van der Waals surface area (Å²) in [5.41, 5.74) is -0.213. The quantitative estimate of drug-likeness (QED) is 0.911. The standard InChI is InChI=1S/C14H13F2NO3S/c1-9-12(16)6-10(8-18)7-14(9)21(19,20)17-13-5-3-2-4-11(13)15/h2-7,17-18H,8H2,1H3. The van der Waals surface area contributed by atoms with Crippen molar-refractivity contribution < 1.29 is 22.3 Å². The zero-order chi connectivity index (χ0) is 15.6. The molecule has 2 aromatic rings. The van der Waals surface area contributed by atoms with Crippen LogP contribution in [0.2, 0.25) is 0 Å². The van der Waals surface area contributed by atoms with Crippen molar-refractivity contribution >= 4 is 15.7 Å². The molecule has 0 spiro atoms. The molecular formula is C14H13F2NO3S. The molecule has 0 radical (unpaired) electrons. The molecule has 4 nitrogen and oxygen atoms in total. The van der Waals surface area contributed by atoms with Gasteiger partial charge in [-0.05, 0) is 36.8 Å². The molecule has 2 aromatic carbocycles. The van der Waals surface area contributed by atoms with Crippen molar-refractivity contribution in [2.24, 2.45) is 0 Å². The van der Waals surface area contributed by atoms with E-state index in [-0.39, 0.29) is 21.7 Å². The van der Waals surface area contributed by atoms with Gasteiger partial charge in [-0.3, -0.25) is 4.72 Å². The van der Waals surface area contributed by atoms with Crippen LogP contribution in [0.5, 0.6) is 0 Å². The Bertz CT molecular complexity index is 776. The van der Waals surface area contributed by atoms with Crippen LogP contribution in [-0.2, 0) is 16.6 Å². The van der Waals surface area contributed by atoms with Gasteiger partial charge in [-0.1, -0.05) is 12.1 Å². The Balaban J connectivity index is 2.50. The molecule has 2 N–H and O–H groups in total. The smallest absolute Gasteiger partial charge is 0.262 e. The zero-order valence-electron chi connectivity index (χ0n) is 11.1. The molecule has 2 rings (SSSR count). The first-order chi connectivity index (χ1) is 9.85. The number of anilines is 1. The van der Waals surface area contributed by atoms with Gasteiger partial charge in [-0.25, -0.2) is 17.2 Å². The minimum atomic E-state index is -4.16. The highest BCUT2D eigenvalue weighted by Crippen LogP contribution is 2.24. The van der Waals surface area contributed by atoms with Gasteiger partial charge in [0.25, 0.3) is 10.0 Å². The topological polar surface area (TPSA) is 66.4 Å². The first kappa shape index (κ1) is 15.4. The molecule has 0 aliphatic heterocycles. The maximum Gasteiger partial charge on any atom is 0.262 e. The first-order valence-corrected chi connectivity index (χ1v) is 7.50. The number of rotatable bonds is 4. The summed E-state index contributed by atoms with van der Waals surface area (Å²) in [5, 5.41) is 9.04. The number of aliphatic hydroxyl groups is 1. The van der Waals surface area contributed by atoms with Gasteiger partial charge in [-0.2, -0.15) is 0 Å². The van der Waals surface area contributed by atoms with Gasteiger partial charge in [-0.15, -0.1) is 0 Å². The predicted molar refractivity (Wildman–Crippen MR) is 74.3 cm³/mol. The second-order valence-electron chi connectivity index (χ2n) is 4.44. The van der Waals surface area contributed by atoms with Gasteiger partial charge in [0.1, 0.15) is 11.6 Å². The van der Waals surface area contributed by atoms with E-state index in [1.54, 1.807) is 0 Å². The summed E-state index contributed by atoms with van der Waals surface area (Å²) >= 11 is 0. The molecule has 0 saturated heterocycles. The van der Waals surface area contributed by atoms with Crippen LogP contribution in [0.25, 0.3) is 0 Å². The molecule has 0 aliphatic rings. The second-order valence-corrected chi connectivity index (χ2v) is 6.10. The van der Waals surface area contributed by atoms with E-state index in [9.17, 15) is 17.2 Å². The van der Waals surface area contributed by atoms with Crippen molar-refractivity contribution in [2.75, 3.05) is 4.72 Å². The third-order valence-corrected chi connectivity index (χ3v) is 4.44. The van der Waals surface area contributed by atoms with Crippen molar-refractivity contribution in [3.63, 3.8) is 0 Å². The number of benzene rings is 2. The summed E-state index contributed by atoms with van der Waals surface area (Å²) in [5.74, 6) is -1.49. The summed E-state index contributed by atoms with van der Waals surface area (Å²) in [6, 6.07) is 7.46. The van der Waals surface area contributed by atoms with E-state index in [1.807, 2.05) is 0 Å². The Labute approximate surface area is 121 Å². The lowest BCUT2D eigenvalue weighted by atomic mass is 10.1. The van der Waals surface area contributed by atoms with E-state index in [0.29, 0.717) is 0 Å². The second kappa shape index (κ2) is 5.79. The van der Waals surface area contributed by atoms with Gasteiger partial charge in [0, 0.05) is 5.56 Å². The minimum Gasteiger partial charge on any atom is -0.392 e. The monoisotopic (exact) mass is 313 g/mol. The Morgan fingerprint density at radius 1 is 1.14 bits per heavy atom. The SMILES string of the molecule is Cc1c(F)cc(CO)cc1S(=O)(=O)Nc1ccccc1F. The molecular weight excluding hydrogens is 300 g/mol. The largest absolute Gasteiger partial charge is 0.392 e. The van der Waals surface area contributed by atoms with E-state index in [0.717, 1.165) is 18.2 Å². The van der Waals surface area contributed by atoms with E-state index in [2.05, 4.69) is 4.72 Å². The Morgan fingerprint density at radius 2 is 1.81 bits per heavy atom. The summed E-state index contributed by atoms with van der Waals surface area (Å²) in [7, 11) is -4.16. The Kier molecular flexibility index (Phi) is 4.24. The van der Waals surface area contributed by atoms with Crippen LogP contribution >= 0.6 is 0 Å². The minimum absolute atomic E-state index is 0.101. The zero-order valence-corrected chi connectivity index (χ0v) is 11.9. The summed E-state index contributed by atoms with van der Waals surface area (Å²) in [4.78, 5) is -0.338. The van der Waals surface area contributed by atoms with Crippen molar-refractivity contribution in [1.29, 1.82) is 0 Å². The molecule has 0 fully saturated rings. The van der Waals surface area contributed by atoms with E-state index < -0.39 is 28.3 Å². The third kappa shape index (κ3) is 3.20. The highest BCUT2D eigenvalue weighted by molar-refractivity contribution is 7.92. The lowest BCUT2D eigenvalue weighted by Crippen LogP contribution is -2.16. The van der Waals surface area contributed by atoms with Crippen LogP contribution in [0.3, 0.4) is 0 Å². The van der Waals surface area contributed by atoms with E-state index in [4.69, 9.17) is 5.11 Å². The first-order valence-electron chi connectivity index (χ1n) is 6.02. The number of nitrogens with one attached hydrogen (secondary N) is 1. The number of aliphatic hydroxyl groups excluding tert-OH is 1. The number of para-hydroxylation sites is 1. The van der Waals surface area contributed by atoms with E-state index >= 15 is 0 Å². The van der Waals surface area contributed by atoms with Gasteiger partial charge in [0.15, 0.2) is 0 Å². The molecule has 0 saturated carbocycles. The van der Waals surface area contributed by atoms with Crippen molar-refractivity contribution in [2.45, 2.75) is 18.4 Å². The van der Waals surface area contributed by atoms with Crippen LogP contribution in [0, 0.1) is 18.6 Å². The van der Waals surface area contributed by atoms with Crippen LogP contribution in [0.1, 0.15) is 11.1 Å². The van der Waals surface area contributed by atoms with Crippen LogP contribution in [-0.4, -0.2) is 13.5 Å². The molecule has 0 bridgehead atoms. The fourth-order valence-corrected chi connectivity index (χ4v) is 3.19. The lowest BCUT2D eigenvalue weighted by Gasteiger charge is -2.12. The van der Waals surface area contributed by atoms with Gasteiger partial charge < -0.3 is 5.11 Å². The summed E-state index contributed by atoms with van der Waals surface area (Å²) in [6.45, 7) is 0.797. The Hall–Kier alpha value is -1.99. The van der Waals surface area contributed by atoms with Gasteiger partial charge in [0.2, 0.25) is 0 Å².